The molecule has 0 aliphatic carbocycles. The number of benzene rings is 1. The number of likely N-dealkylation sites (N-methyl/N-ethyl adjacent to an activating group) is 1. The van der Waals surface area contributed by atoms with Crippen molar-refractivity contribution in [3.05, 3.63) is 24.3 Å². The zero-order chi connectivity index (χ0) is 19.8. The minimum Gasteiger partial charge on any atom is -0.497 e. The second-order valence-corrected chi connectivity index (χ2v) is 8.38. The third-order valence-electron chi connectivity index (χ3n) is 4.41. The number of hydrogen-bond acceptors (Lipinski definition) is 5. The largest absolute Gasteiger partial charge is 0.497 e. The molecule has 0 spiro atoms. The van der Waals surface area contributed by atoms with Crippen molar-refractivity contribution in [3.8, 4) is 5.75 Å². The predicted octanol–water partition coefficient (Wildman–Crippen LogP) is 2.84. The lowest BCUT2D eigenvalue weighted by molar-refractivity contribution is -0.131. The molecule has 27 heavy (non-hydrogen) atoms. The van der Waals surface area contributed by atoms with Crippen LogP contribution < -0.4 is 10.1 Å². The summed E-state index contributed by atoms with van der Waals surface area (Å²) in [6.45, 7) is 4.14. The molecule has 1 aromatic carbocycles. The van der Waals surface area contributed by atoms with Crippen LogP contribution in [0.1, 0.15) is 19.8 Å². The SMILES string of the molecule is COc1ccc(NC(=O)CN(C)C(=O)CSC(=S)N2CCC[C@@H](C)C2)cc1. The van der Waals surface area contributed by atoms with Crippen molar-refractivity contribution in [1.82, 2.24) is 9.80 Å². The van der Waals surface area contributed by atoms with E-state index < -0.39 is 0 Å². The zero-order valence-corrected chi connectivity index (χ0v) is 17.7. The average Bonchev–Trinajstić information content (AvgIpc) is 2.66. The first-order chi connectivity index (χ1) is 12.9. The molecule has 1 atom stereocenters. The number of nitrogens with one attached hydrogen (secondary N) is 1. The lowest BCUT2D eigenvalue weighted by Crippen LogP contribution is -2.39. The molecule has 0 aromatic heterocycles. The van der Waals surface area contributed by atoms with Gasteiger partial charge in [0.1, 0.15) is 10.1 Å². The monoisotopic (exact) mass is 409 g/mol. The molecule has 1 N–H and O–H groups in total. The molecular formula is C19H27N3O3S2. The highest BCUT2D eigenvalue weighted by atomic mass is 32.2. The number of ether oxygens (including phenoxy) is 1. The predicted molar refractivity (Wildman–Crippen MR) is 114 cm³/mol. The summed E-state index contributed by atoms with van der Waals surface area (Å²) in [6.07, 6.45) is 2.37. The lowest BCUT2D eigenvalue weighted by Gasteiger charge is -2.32. The van der Waals surface area contributed by atoms with E-state index in [1.54, 1.807) is 38.4 Å². The zero-order valence-electron chi connectivity index (χ0n) is 16.1. The van der Waals surface area contributed by atoms with Gasteiger partial charge in [-0.3, -0.25) is 9.59 Å². The smallest absolute Gasteiger partial charge is 0.243 e. The maximum absolute atomic E-state index is 12.3. The summed E-state index contributed by atoms with van der Waals surface area (Å²) < 4.78 is 5.85. The molecule has 1 aliphatic rings. The van der Waals surface area contributed by atoms with Gasteiger partial charge < -0.3 is 19.9 Å². The molecule has 1 fully saturated rings. The van der Waals surface area contributed by atoms with Crippen LogP contribution in [-0.4, -0.2) is 65.5 Å². The van der Waals surface area contributed by atoms with E-state index in [9.17, 15) is 9.59 Å². The van der Waals surface area contributed by atoms with E-state index in [0.29, 0.717) is 11.6 Å². The maximum Gasteiger partial charge on any atom is 0.243 e. The molecule has 2 amide bonds. The Morgan fingerprint density at radius 3 is 2.70 bits per heavy atom. The molecule has 0 unspecified atom stereocenters. The Balaban J connectivity index is 1.73. The number of nitrogens with zero attached hydrogens (tertiary/aromatic N) is 2. The average molecular weight is 410 g/mol. The van der Waals surface area contributed by atoms with E-state index in [1.165, 1.54) is 23.1 Å². The Morgan fingerprint density at radius 1 is 1.37 bits per heavy atom. The molecule has 8 heteroatoms. The summed E-state index contributed by atoms with van der Waals surface area (Å²) in [4.78, 5) is 28.0. The van der Waals surface area contributed by atoms with Crippen molar-refractivity contribution in [2.24, 2.45) is 5.92 Å². The van der Waals surface area contributed by atoms with Crippen LogP contribution in [0.3, 0.4) is 0 Å². The number of anilines is 1. The number of amides is 2. The fourth-order valence-corrected chi connectivity index (χ4v) is 4.02. The van der Waals surface area contributed by atoms with Crippen LogP contribution in [0.4, 0.5) is 5.69 Å². The Bertz CT molecular complexity index is 667. The van der Waals surface area contributed by atoms with Gasteiger partial charge in [-0.05, 0) is 43.0 Å². The number of carbonyl (C=O) groups is 2. The van der Waals surface area contributed by atoms with E-state index in [0.717, 1.165) is 29.6 Å². The number of rotatable bonds is 6. The minimum atomic E-state index is -0.242. The number of methoxy groups -OCH3 is 1. The van der Waals surface area contributed by atoms with Crippen molar-refractivity contribution in [2.75, 3.05) is 44.9 Å². The molecule has 0 radical (unpaired) electrons. The van der Waals surface area contributed by atoms with Gasteiger partial charge >= 0.3 is 0 Å². The molecular weight excluding hydrogens is 382 g/mol. The maximum atomic E-state index is 12.3. The van der Waals surface area contributed by atoms with Gasteiger partial charge in [0.05, 0.1) is 19.4 Å². The van der Waals surface area contributed by atoms with Crippen LogP contribution in [0.2, 0.25) is 0 Å². The Hall–Kier alpha value is -1.80. The van der Waals surface area contributed by atoms with Gasteiger partial charge in [-0.15, -0.1) is 0 Å². The summed E-state index contributed by atoms with van der Waals surface area (Å²) in [7, 11) is 3.21. The normalized spacial score (nSPS) is 16.6. The van der Waals surface area contributed by atoms with Crippen LogP contribution >= 0.6 is 24.0 Å². The molecule has 1 heterocycles. The topological polar surface area (TPSA) is 61.9 Å². The molecule has 2 rings (SSSR count). The first-order valence-electron chi connectivity index (χ1n) is 8.98. The number of likely N-dealkylation sites (tertiary alicyclic amines) is 1. The van der Waals surface area contributed by atoms with Gasteiger partial charge in [-0.1, -0.05) is 30.9 Å². The number of thioether (sulfide) groups is 1. The van der Waals surface area contributed by atoms with Crippen molar-refractivity contribution in [3.63, 3.8) is 0 Å². The highest BCUT2D eigenvalue weighted by Gasteiger charge is 2.20. The summed E-state index contributed by atoms with van der Waals surface area (Å²) in [6, 6.07) is 7.05. The molecule has 0 bridgehead atoms. The van der Waals surface area contributed by atoms with Gasteiger partial charge in [0, 0.05) is 25.8 Å². The van der Waals surface area contributed by atoms with Gasteiger partial charge in [-0.2, -0.15) is 0 Å². The molecule has 6 nitrogen and oxygen atoms in total. The number of carbonyl (C=O) groups excluding carboxylic acids is 2. The third-order valence-corrected chi connectivity index (χ3v) is 5.92. The second-order valence-electron chi connectivity index (χ2n) is 6.77. The third kappa shape index (κ3) is 7.03. The van der Waals surface area contributed by atoms with E-state index >= 15 is 0 Å². The van der Waals surface area contributed by atoms with Gasteiger partial charge in [0.15, 0.2) is 0 Å². The van der Waals surface area contributed by atoms with Gasteiger partial charge in [0.2, 0.25) is 11.8 Å². The van der Waals surface area contributed by atoms with E-state index in [2.05, 4.69) is 17.1 Å². The van der Waals surface area contributed by atoms with E-state index in [1.807, 2.05) is 0 Å². The van der Waals surface area contributed by atoms with E-state index in [-0.39, 0.29) is 24.1 Å². The molecule has 1 aromatic rings. The van der Waals surface area contributed by atoms with E-state index in [4.69, 9.17) is 17.0 Å². The summed E-state index contributed by atoms with van der Waals surface area (Å²) in [5, 5.41) is 2.77. The van der Waals surface area contributed by atoms with Gasteiger partial charge in [-0.25, -0.2) is 0 Å². The Morgan fingerprint density at radius 2 is 2.07 bits per heavy atom. The number of piperidine rings is 1. The number of hydrogen-bond donors (Lipinski definition) is 1. The molecule has 1 aliphatic heterocycles. The van der Waals surface area contributed by atoms with Crippen molar-refractivity contribution in [2.45, 2.75) is 19.8 Å². The Labute approximate surface area is 170 Å². The lowest BCUT2D eigenvalue weighted by atomic mass is 10.0. The highest BCUT2D eigenvalue weighted by Crippen LogP contribution is 2.20. The van der Waals surface area contributed by atoms with Crippen molar-refractivity contribution < 1.29 is 14.3 Å². The first-order valence-corrected chi connectivity index (χ1v) is 10.4. The Kier molecular flexibility index (Phi) is 8.37. The fraction of sp³-hybridized carbons (Fsp3) is 0.526. The standard InChI is InChI=1S/C19H27N3O3S2/c1-14-5-4-10-22(11-14)19(26)27-13-18(24)21(2)12-17(23)20-15-6-8-16(25-3)9-7-15/h6-9,14H,4-5,10-13H2,1-3H3,(H,20,23)/t14-/m1/s1. The molecule has 1 saturated heterocycles. The minimum absolute atomic E-state index is 0.00106. The quantitative estimate of drug-likeness (QED) is 0.729. The molecule has 0 saturated carbocycles. The molecule has 148 valence electrons. The van der Waals surface area contributed by atoms with Crippen LogP contribution in [0, 0.1) is 5.92 Å². The van der Waals surface area contributed by atoms with Crippen molar-refractivity contribution >= 4 is 45.8 Å². The van der Waals surface area contributed by atoms with Gasteiger partial charge in [0.25, 0.3) is 0 Å². The highest BCUT2D eigenvalue weighted by molar-refractivity contribution is 8.23. The fourth-order valence-electron chi connectivity index (χ4n) is 2.86. The van der Waals surface area contributed by atoms with Crippen LogP contribution in [-0.2, 0) is 9.59 Å². The van der Waals surface area contributed by atoms with Crippen LogP contribution in [0.15, 0.2) is 24.3 Å². The van der Waals surface area contributed by atoms with Crippen LogP contribution in [0.5, 0.6) is 5.75 Å². The van der Waals surface area contributed by atoms with Crippen molar-refractivity contribution in [1.29, 1.82) is 0 Å². The van der Waals surface area contributed by atoms with Crippen LogP contribution in [0.25, 0.3) is 0 Å². The second kappa shape index (κ2) is 10.5. The first kappa shape index (κ1) is 21.5. The summed E-state index contributed by atoms with van der Waals surface area (Å²) in [5.41, 5.74) is 0.663. The number of thiocarbonyl (C=S) groups is 1. The summed E-state index contributed by atoms with van der Waals surface area (Å²) >= 11 is 6.83. The summed E-state index contributed by atoms with van der Waals surface area (Å²) in [5.74, 6) is 1.25.